The molecule has 0 amide bonds. The highest BCUT2D eigenvalue weighted by molar-refractivity contribution is 5.17. The van der Waals surface area contributed by atoms with Gasteiger partial charge in [-0.05, 0) is 27.0 Å². The molecular weight excluding hydrogens is 259 g/mol. The van der Waals surface area contributed by atoms with Crippen molar-refractivity contribution in [2.24, 2.45) is 5.73 Å². The van der Waals surface area contributed by atoms with Gasteiger partial charge in [-0.15, -0.1) is 0 Å². The first-order valence-corrected chi connectivity index (χ1v) is 6.40. The van der Waals surface area contributed by atoms with Crippen LogP contribution in [0.3, 0.4) is 0 Å². The number of rotatable bonds is 5. The largest absolute Gasteiger partial charge is 0.338 e. The predicted octanol–water partition coefficient (Wildman–Crippen LogP) is 2.03. The van der Waals surface area contributed by atoms with E-state index in [1.54, 1.807) is 12.1 Å². The van der Waals surface area contributed by atoms with Gasteiger partial charge in [-0.1, -0.05) is 23.4 Å². The lowest BCUT2D eigenvalue weighted by molar-refractivity contribution is 0.257. The molecule has 108 valence electrons. The van der Waals surface area contributed by atoms with Gasteiger partial charge >= 0.3 is 0 Å². The summed E-state index contributed by atoms with van der Waals surface area (Å²) in [5.74, 6) is 0.720. The number of hydrogen-bond donors (Lipinski definition) is 1. The highest BCUT2D eigenvalue weighted by Crippen LogP contribution is 2.14. The lowest BCUT2D eigenvalue weighted by Crippen LogP contribution is -2.30. The smallest absolute Gasteiger partial charge is 0.240 e. The van der Waals surface area contributed by atoms with E-state index < -0.39 is 5.54 Å². The van der Waals surface area contributed by atoms with E-state index in [1.165, 1.54) is 6.07 Å². The molecule has 5 nitrogen and oxygen atoms in total. The molecule has 0 atom stereocenters. The molecule has 0 aliphatic rings. The molecule has 0 bridgehead atoms. The Bertz CT molecular complexity index is 577. The molecule has 0 spiro atoms. The van der Waals surface area contributed by atoms with Crippen molar-refractivity contribution in [2.75, 3.05) is 7.05 Å². The molecule has 0 saturated carbocycles. The number of halogens is 1. The van der Waals surface area contributed by atoms with E-state index >= 15 is 0 Å². The van der Waals surface area contributed by atoms with Crippen LogP contribution < -0.4 is 5.73 Å². The molecule has 2 aromatic rings. The number of nitrogens with zero attached hydrogens (tertiary/aromatic N) is 3. The van der Waals surface area contributed by atoms with Crippen LogP contribution in [0.25, 0.3) is 0 Å². The van der Waals surface area contributed by atoms with Crippen LogP contribution in [0.2, 0.25) is 0 Å². The maximum absolute atomic E-state index is 13.6. The van der Waals surface area contributed by atoms with Crippen molar-refractivity contribution in [3.63, 3.8) is 0 Å². The van der Waals surface area contributed by atoms with Crippen LogP contribution in [0.5, 0.6) is 0 Å². The summed E-state index contributed by atoms with van der Waals surface area (Å²) in [4.78, 5) is 6.15. The Morgan fingerprint density at radius 2 is 2.00 bits per heavy atom. The van der Waals surface area contributed by atoms with Crippen LogP contribution >= 0.6 is 0 Å². The third-order valence-corrected chi connectivity index (χ3v) is 2.85. The molecule has 1 heterocycles. The molecule has 0 saturated heterocycles. The van der Waals surface area contributed by atoms with Gasteiger partial charge in [0.2, 0.25) is 5.89 Å². The first kappa shape index (κ1) is 14.6. The Labute approximate surface area is 117 Å². The van der Waals surface area contributed by atoms with Crippen LogP contribution in [-0.2, 0) is 18.6 Å². The van der Waals surface area contributed by atoms with Crippen LogP contribution in [0.4, 0.5) is 4.39 Å². The van der Waals surface area contributed by atoms with E-state index in [0.717, 1.165) is 0 Å². The van der Waals surface area contributed by atoms with Crippen molar-refractivity contribution < 1.29 is 8.91 Å². The van der Waals surface area contributed by atoms with Crippen LogP contribution in [-0.4, -0.2) is 22.1 Å². The average molecular weight is 278 g/mol. The lowest BCUT2D eigenvalue weighted by atomic mass is 10.1. The van der Waals surface area contributed by atoms with Gasteiger partial charge in [0.1, 0.15) is 5.82 Å². The van der Waals surface area contributed by atoms with Gasteiger partial charge in [0.05, 0.1) is 12.1 Å². The van der Waals surface area contributed by atoms with E-state index in [0.29, 0.717) is 30.4 Å². The molecule has 1 aromatic carbocycles. The van der Waals surface area contributed by atoms with Crippen molar-refractivity contribution in [1.82, 2.24) is 15.0 Å². The highest BCUT2D eigenvalue weighted by Gasteiger charge is 2.21. The second-order valence-corrected chi connectivity index (χ2v) is 5.50. The Kier molecular flexibility index (Phi) is 4.15. The van der Waals surface area contributed by atoms with Crippen molar-refractivity contribution in [3.8, 4) is 0 Å². The van der Waals surface area contributed by atoms with Crippen molar-refractivity contribution in [1.29, 1.82) is 0 Å². The fourth-order valence-corrected chi connectivity index (χ4v) is 1.79. The normalized spacial score (nSPS) is 12.1. The molecule has 2 N–H and O–H groups in total. The van der Waals surface area contributed by atoms with E-state index in [-0.39, 0.29) is 5.82 Å². The Morgan fingerprint density at radius 1 is 1.30 bits per heavy atom. The minimum atomic E-state index is -0.633. The second kappa shape index (κ2) is 5.68. The van der Waals surface area contributed by atoms with Crippen molar-refractivity contribution in [2.45, 2.75) is 32.5 Å². The lowest BCUT2D eigenvalue weighted by Gasteiger charge is -2.14. The summed E-state index contributed by atoms with van der Waals surface area (Å²) in [6.07, 6.45) is 0. The molecule has 1 aromatic heterocycles. The van der Waals surface area contributed by atoms with E-state index in [1.807, 2.05) is 31.9 Å². The Balaban J connectivity index is 2.00. The Hall–Kier alpha value is -1.79. The molecule has 0 radical (unpaired) electrons. The molecule has 0 aliphatic carbocycles. The second-order valence-electron chi connectivity index (χ2n) is 5.50. The quantitative estimate of drug-likeness (QED) is 0.906. The number of hydrogen-bond acceptors (Lipinski definition) is 5. The summed E-state index contributed by atoms with van der Waals surface area (Å²) in [6.45, 7) is 4.53. The minimum absolute atomic E-state index is 0.214. The summed E-state index contributed by atoms with van der Waals surface area (Å²) < 4.78 is 18.7. The topological polar surface area (TPSA) is 68.2 Å². The summed E-state index contributed by atoms with van der Waals surface area (Å²) in [5, 5.41) is 3.85. The molecular formula is C14H19FN4O. The van der Waals surface area contributed by atoms with Gasteiger partial charge < -0.3 is 10.3 Å². The van der Waals surface area contributed by atoms with E-state index in [4.69, 9.17) is 10.3 Å². The van der Waals surface area contributed by atoms with Gasteiger partial charge in [-0.25, -0.2) is 4.39 Å². The minimum Gasteiger partial charge on any atom is -0.338 e. The first-order valence-electron chi connectivity index (χ1n) is 6.40. The van der Waals surface area contributed by atoms with E-state index in [2.05, 4.69) is 10.1 Å². The molecule has 0 aliphatic heterocycles. The molecule has 0 unspecified atom stereocenters. The fraction of sp³-hybridized carbons (Fsp3) is 0.429. The summed E-state index contributed by atoms with van der Waals surface area (Å²) in [5.41, 5.74) is 5.90. The summed E-state index contributed by atoms with van der Waals surface area (Å²) in [6, 6.07) is 6.69. The zero-order chi connectivity index (χ0) is 14.8. The third kappa shape index (κ3) is 3.61. The van der Waals surface area contributed by atoms with Gasteiger partial charge in [0, 0.05) is 12.1 Å². The van der Waals surface area contributed by atoms with Crippen molar-refractivity contribution >= 4 is 0 Å². The maximum Gasteiger partial charge on any atom is 0.240 e. The van der Waals surface area contributed by atoms with Crippen LogP contribution in [0.1, 0.15) is 31.1 Å². The number of benzene rings is 1. The monoisotopic (exact) mass is 278 g/mol. The standard InChI is InChI=1S/C14H19FN4O/c1-14(2,16)13-17-12(20-18-13)9-19(3)8-10-6-4-5-7-11(10)15/h4-7H,8-9,16H2,1-3H3. The SMILES string of the molecule is CN(Cc1nc(C(C)(C)N)no1)Cc1ccccc1F. The zero-order valence-electron chi connectivity index (χ0n) is 11.9. The summed E-state index contributed by atoms with van der Waals surface area (Å²) in [7, 11) is 1.86. The highest BCUT2D eigenvalue weighted by atomic mass is 19.1. The maximum atomic E-state index is 13.6. The van der Waals surface area contributed by atoms with Gasteiger partial charge in [-0.2, -0.15) is 4.98 Å². The van der Waals surface area contributed by atoms with Crippen molar-refractivity contribution in [3.05, 3.63) is 47.4 Å². The molecule has 6 heteroatoms. The zero-order valence-corrected chi connectivity index (χ0v) is 11.9. The fourth-order valence-electron chi connectivity index (χ4n) is 1.79. The van der Waals surface area contributed by atoms with E-state index in [9.17, 15) is 4.39 Å². The Morgan fingerprint density at radius 3 is 2.60 bits per heavy atom. The van der Waals surface area contributed by atoms with Gasteiger partial charge in [-0.3, -0.25) is 4.90 Å². The number of aromatic nitrogens is 2. The third-order valence-electron chi connectivity index (χ3n) is 2.85. The molecule has 0 fully saturated rings. The van der Waals surface area contributed by atoms with Gasteiger partial charge in [0.15, 0.2) is 5.82 Å². The molecule has 20 heavy (non-hydrogen) atoms. The average Bonchev–Trinajstić information content (AvgIpc) is 2.80. The van der Waals surface area contributed by atoms with Crippen LogP contribution in [0.15, 0.2) is 28.8 Å². The van der Waals surface area contributed by atoms with Gasteiger partial charge in [0.25, 0.3) is 0 Å². The summed E-state index contributed by atoms with van der Waals surface area (Å²) >= 11 is 0. The predicted molar refractivity (Wildman–Crippen MR) is 73.1 cm³/mol. The van der Waals surface area contributed by atoms with Crippen LogP contribution in [0, 0.1) is 5.82 Å². The number of nitrogens with two attached hydrogens (primary N) is 1. The molecule has 2 rings (SSSR count). The first-order chi connectivity index (χ1) is 9.36.